The van der Waals surface area contributed by atoms with Crippen molar-refractivity contribution in [1.29, 1.82) is 0 Å². The fourth-order valence-corrected chi connectivity index (χ4v) is 4.44. The molecule has 3 aromatic carbocycles. The zero-order chi connectivity index (χ0) is 23.5. The van der Waals surface area contributed by atoms with Crippen LogP contribution in [0, 0.1) is 17.6 Å². The summed E-state index contributed by atoms with van der Waals surface area (Å²) >= 11 is 0. The van der Waals surface area contributed by atoms with E-state index in [1.54, 1.807) is 31.1 Å². The predicted molar refractivity (Wildman–Crippen MR) is 122 cm³/mol. The molecule has 172 valence electrons. The number of benzene rings is 3. The Hall–Kier alpha value is -3.48. The first-order valence-electron chi connectivity index (χ1n) is 11.0. The lowest BCUT2D eigenvalue weighted by Gasteiger charge is -2.33. The van der Waals surface area contributed by atoms with Crippen LogP contribution < -0.4 is 10.1 Å². The molecule has 0 spiro atoms. The Balaban J connectivity index is 1.49. The number of likely N-dealkylation sites (tertiary alicyclic amines) is 1. The van der Waals surface area contributed by atoms with Crippen LogP contribution >= 0.6 is 0 Å². The van der Waals surface area contributed by atoms with E-state index in [1.165, 1.54) is 12.1 Å². The summed E-state index contributed by atoms with van der Waals surface area (Å²) in [6.07, 6.45) is 1.33. The van der Waals surface area contributed by atoms with Gasteiger partial charge in [-0.2, -0.15) is 0 Å². The van der Waals surface area contributed by atoms with Crippen molar-refractivity contribution in [2.75, 3.05) is 20.2 Å². The lowest BCUT2D eigenvalue weighted by Crippen LogP contribution is -2.46. The van der Waals surface area contributed by atoms with Gasteiger partial charge in [0.1, 0.15) is 17.4 Å². The quantitative estimate of drug-likeness (QED) is 0.602. The predicted octanol–water partition coefficient (Wildman–Crippen LogP) is 4.86. The maximum absolute atomic E-state index is 14.1. The highest BCUT2D eigenvalue weighted by molar-refractivity contribution is 6.08. The first-order valence-corrected chi connectivity index (χ1v) is 11.0. The lowest BCUT2D eigenvalue weighted by atomic mass is 9.95. The van der Waals surface area contributed by atoms with E-state index in [4.69, 9.17) is 4.74 Å². The molecule has 7 heteroatoms. The average molecular weight is 453 g/mol. The van der Waals surface area contributed by atoms with E-state index in [0.29, 0.717) is 30.7 Å². The van der Waals surface area contributed by atoms with Crippen molar-refractivity contribution in [2.24, 2.45) is 5.92 Å². The molecule has 1 aliphatic rings. The number of piperidine rings is 1. The molecule has 0 radical (unpaired) electrons. The highest BCUT2D eigenvalue weighted by Gasteiger charge is 2.30. The third-order valence-electron chi connectivity index (χ3n) is 6.20. The second kappa shape index (κ2) is 9.57. The summed E-state index contributed by atoms with van der Waals surface area (Å²) in [4.78, 5) is 28.0. The second-order valence-electron chi connectivity index (χ2n) is 8.35. The topological polar surface area (TPSA) is 58.6 Å². The summed E-state index contributed by atoms with van der Waals surface area (Å²) in [5.41, 5.74) is 0.785. The molecule has 0 unspecified atom stereocenters. The van der Waals surface area contributed by atoms with Crippen molar-refractivity contribution < 1.29 is 23.1 Å². The molecule has 4 rings (SSSR count). The summed E-state index contributed by atoms with van der Waals surface area (Å²) in [5.74, 6) is -1.46. The maximum atomic E-state index is 14.1. The summed E-state index contributed by atoms with van der Waals surface area (Å²) in [6, 6.07) is 13.8. The van der Waals surface area contributed by atoms with Gasteiger partial charge in [-0.1, -0.05) is 30.3 Å². The highest BCUT2D eigenvalue weighted by atomic mass is 19.1. The third kappa shape index (κ3) is 4.67. The van der Waals surface area contributed by atoms with Crippen molar-refractivity contribution in [3.8, 4) is 5.75 Å². The van der Waals surface area contributed by atoms with Crippen LogP contribution in [0.5, 0.6) is 5.75 Å². The lowest BCUT2D eigenvalue weighted by molar-refractivity contribution is -0.127. The number of methoxy groups -OCH3 is 1. The molecule has 1 saturated heterocycles. The number of fused-ring (bicyclic) bond motifs is 1. The summed E-state index contributed by atoms with van der Waals surface area (Å²) < 4.78 is 32.7. The number of hydrogen-bond donors (Lipinski definition) is 1. The summed E-state index contributed by atoms with van der Waals surface area (Å²) in [7, 11) is 1.59. The standard InChI is InChI=1S/C26H26F2N2O3/c1-16(19-10-9-18(27)14-23(19)28)29-25(31)17-6-5-13-30(15-17)26(32)22-11-12-24(33-2)21-8-4-3-7-20(21)22/h3-4,7-12,14,16-17H,5-6,13,15H2,1-2H3,(H,29,31)/t16-,17+/m1/s1. The molecule has 1 heterocycles. The fourth-order valence-electron chi connectivity index (χ4n) is 4.44. The number of nitrogens with one attached hydrogen (secondary N) is 1. The Morgan fingerprint density at radius 1 is 1.09 bits per heavy atom. The monoisotopic (exact) mass is 452 g/mol. The highest BCUT2D eigenvalue weighted by Crippen LogP contribution is 2.30. The van der Waals surface area contributed by atoms with Gasteiger partial charge in [0.05, 0.1) is 19.1 Å². The summed E-state index contributed by atoms with van der Waals surface area (Å²) in [5, 5.41) is 4.47. The van der Waals surface area contributed by atoms with Gasteiger partial charge in [-0.15, -0.1) is 0 Å². The zero-order valence-electron chi connectivity index (χ0n) is 18.6. The molecule has 2 atom stereocenters. The van der Waals surface area contributed by atoms with Crippen molar-refractivity contribution in [2.45, 2.75) is 25.8 Å². The molecule has 0 saturated carbocycles. The van der Waals surface area contributed by atoms with Gasteiger partial charge in [0.15, 0.2) is 0 Å². The van der Waals surface area contributed by atoms with Crippen LogP contribution in [-0.4, -0.2) is 36.9 Å². The molecule has 33 heavy (non-hydrogen) atoms. The normalized spacial score (nSPS) is 17.0. The Bertz CT molecular complexity index is 1200. The van der Waals surface area contributed by atoms with Crippen LogP contribution in [0.25, 0.3) is 10.8 Å². The van der Waals surface area contributed by atoms with Gasteiger partial charge in [-0.05, 0) is 43.4 Å². The van der Waals surface area contributed by atoms with Crippen LogP contribution in [-0.2, 0) is 4.79 Å². The minimum Gasteiger partial charge on any atom is -0.496 e. The van der Waals surface area contributed by atoms with E-state index < -0.39 is 23.6 Å². The first-order chi connectivity index (χ1) is 15.9. The third-order valence-corrected chi connectivity index (χ3v) is 6.20. The molecule has 3 aromatic rings. The molecule has 0 aliphatic carbocycles. The number of rotatable bonds is 5. The van der Waals surface area contributed by atoms with Gasteiger partial charge in [-0.25, -0.2) is 8.78 Å². The van der Waals surface area contributed by atoms with Crippen molar-refractivity contribution in [3.05, 3.63) is 77.4 Å². The molecule has 2 amide bonds. The molecule has 1 aliphatic heterocycles. The van der Waals surface area contributed by atoms with E-state index in [2.05, 4.69) is 5.32 Å². The van der Waals surface area contributed by atoms with Crippen LogP contribution in [0.2, 0.25) is 0 Å². The number of nitrogens with zero attached hydrogens (tertiary/aromatic N) is 1. The van der Waals surface area contributed by atoms with E-state index >= 15 is 0 Å². The Labute approximate surface area is 191 Å². The van der Waals surface area contributed by atoms with Crippen molar-refractivity contribution >= 4 is 22.6 Å². The summed E-state index contributed by atoms with van der Waals surface area (Å²) in [6.45, 7) is 2.50. The van der Waals surface area contributed by atoms with Crippen LogP contribution in [0.15, 0.2) is 54.6 Å². The van der Waals surface area contributed by atoms with E-state index in [-0.39, 0.29) is 23.9 Å². The zero-order valence-corrected chi connectivity index (χ0v) is 18.6. The number of amides is 2. The van der Waals surface area contributed by atoms with E-state index in [9.17, 15) is 18.4 Å². The van der Waals surface area contributed by atoms with E-state index in [1.807, 2.05) is 24.3 Å². The number of halogens is 2. The average Bonchev–Trinajstić information content (AvgIpc) is 2.82. The van der Waals surface area contributed by atoms with Crippen LogP contribution in [0.1, 0.15) is 41.7 Å². The largest absolute Gasteiger partial charge is 0.496 e. The minimum atomic E-state index is -0.699. The maximum Gasteiger partial charge on any atom is 0.254 e. The van der Waals surface area contributed by atoms with Gasteiger partial charge in [0.2, 0.25) is 5.91 Å². The van der Waals surface area contributed by atoms with Crippen molar-refractivity contribution in [3.63, 3.8) is 0 Å². The number of hydrogen-bond acceptors (Lipinski definition) is 3. The Morgan fingerprint density at radius 3 is 2.58 bits per heavy atom. The van der Waals surface area contributed by atoms with Gasteiger partial charge < -0.3 is 15.0 Å². The molecule has 1 N–H and O–H groups in total. The minimum absolute atomic E-state index is 0.135. The van der Waals surface area contributed by atoms with E-state index in [0.717, 1.165) is 16.8 Å². The van der Waals surface area contributed by atoms with Gasteiger partial charge in [0, 0.05) is 35.7 Å². The Kier molecular flexibility index (Phi) is 6.58. The molecular formula is C26H26F2N2O3. The molecule has 0 bridgehead atoms. The molecular weight excluding hydrogens is 426 g/mol. The number of carbonyl (C=O) groups is 2. The van der Waals surface area contributed by atoms with Crippen LogP contribution in [0.4, 0.5) is 8.78 Å². The molecule has 0 aromatic heterocycles. The smallest absolute Gasteiger partial charge is 0.254 e. The van der Waals surface area contributed by atoms with Gasteiger partial charge >= 0.3 is 0 Å². The number of ether oxygens (including phenoxy) is 1. The van der Waals surface area contributed by atoms with Crippen molar-refractivity contribution in [1.82, 2.24) is 10.2 Å². The number of carbonyl (C=O) groups excluding carboxylic acids is 2. The molecule has 5 nitrogen and oxygen atoms in total. The SMILES string of the molecule is COc1ccc(C(=O)N2CCC[C@H](C(=O)N[C@H](C)c3ccc(F)cc3F)C2)c2ccccc12. The Morgan fingerprint density at radius 2 is 1.85 bits per heavy atom. The van der Waals surface area contributed by atoms with Crippen LogP contribution in [0.3, 0.4) is 0 Å². The second-order valence-corrected chi connectivity index (χ2v) is 8.35. The van der Waals surface area contributed by atoms with Gasteiger partial charge in [-0.3, -0.25) is 9.59 Å². The van der Waals surface area contributed by atoms with Gasteiger partial charge in [0.25, 0.3) is 5.91 Å². The molecule has 1 fully saturated rings. The fraction of sp³-hybridized carbons (Fsp3) is 0.308. The first kappa shape index (κ1) is 22.7.